The number of carbonyl (C=O) groups excluding carboxylic acids is 3. The Morgan fingerprint density at radius 3 is 2.31 bits per heavy atom. The van der Waals surface area contributed by atoms with Crippen molar-refractivity contribution in [2.75, 3.05) is 17.2 Å². The van der Waals surface area contributed by atoms with Crippen LogP contribution in [0.25, 0.3) is 0 Å². The highest BCUT2D eigenvalue weighted by molar-refractivity contribution is 6.35. The first-order valence-electron chi connectivity index (χ1n) is 8.91. The number of benzene rings is 2. The monoisotopic (exact) mass is 436 g/mol. The van der Waals surface area contributed by atoms with Gasteiger partial charge in [-0.25, -0.2) is 4.79 Å². The molecule has 9 heteroatoms. The van der Waals surface area contributed by atoms with Crippen LogP contribution in [-0.2, 0) is 9.59 Å². The predicted octanol–water partition coefficient (Wildman–Crippen LogP) is 3.89. The molecule has 0 bridgehead atoms. The minimum Gasteiger partial charge on any atom is -0.345 e. The first kappa shape index (κ1) is 22.5. The van der Waals surface area contributed by atoms with Gasteiger partial charge in [-0.05, 0) is 36.2 Å². The molecule has 2 aromatic carbocycles. The molecule has 4 N–H and O–H groups in total. The van der Waals surface area contributed by atoms with Gasteiger partial charge in [0.25, 0.3) is 0 Å². The maximum atomic E-state index is 12.5. The van der Waals surface area contributed by atoms with Gasteiger partial charge in [-0.1, -0.05) is 55.2 Å². The summed E-state index contributed by atoms with van der Waals surface area (Å²) in [5.41, 5.74) is 0.949. The lowest BCUT2D eigenvalue weighted by Crippen LogP contribution is -2.52. The van der Waals surface area contributed by atoms with Crippen molar-refractivity contribution < 1.29 is 14.4 Å². The molecule has 0 radical (unpaired) electrons. The molecule has 0 aliphatic carbocycles. The third kappa shape index (κ3) is 7.29. The zero-order chi connectivity index (χ0) is 21.4. The Labute approximate surface area is 179 Å². The smallest absolute Gasteiger partial charge is 0.319 e. The average Bonchev–Trinajstić information content (AvgIpc) is 2.67. The number of amides is 4. The number of hydrogen-bond donors (Lipinski definition) is 4. The van der Waals surface area contributed by atoms with E-state index in [-0.39, 0.29) is 12.5 Å². The van der Waals surface area contributed by atoms with E-state index in [9.17, 15) is 14.4 Å². The molecule has 2 aromatic rings. The SMILES string of the molecule is CC(C)[C@@H](NC(=O)Nc1ccccc1)C(=O)NCC(=O)Nc1cc(Cl)ccc1Cl. The topological polar surface area (TPSA) is 99.3 Å². The lowest BCUT2D eigenvalue weighted by molar-refractivity contribution is -0.126. The third-order valence-corrected chi connectivity index (χ3v) is 4.46. The van der Waals surface area contributed by atoms with Crippen molar-refractivity contribution in [1.29, 1.82) is 0 Å². The largest absolute Gasteiger partial charge is 0.345 e. The van der Waals surface area contributed by atoms with Crippen LogP contribution in [0.5, 0.6) is 0 Å². The van der Waals surface area contributed by atoms with Crippen LogP contribution in [0, 0.1) is 5.92 Å². The number of rotatable bonds is 7. The summed E-state index contributed by atoms with van der Waals surface area (Å²) in [7, 11) is 0. The zero-order valence-electron chi connectivity index (χ0n) is 16.0. The van der Waals surface area contributed by atoms with E-state index in [1.54, 1.807) is 50.2 Å². The fourth-order valence-electron chi connectivity index (χ4n) is 2.43. The summed E-state index contributed by atoms with van der Waals surface area (Å²) >= 11 is 11.9. The second-order valence-electron chi connectivity index (χ2n) is 6.58. The Kier molecular flexibility index (Phi) is 8.30. The molecule has 154 valence electrons. The molecule has 0 heterocycles. The van der Waals surface area contributed by atoms with Crippen LogP contribution in [0.3, 0.4) is 0 Å². The molecule has 0 saturated carbocycles. The summed E-state index contributed by atoms with van der Waals surface area (Å²) in [5.74, 6) is -1.14. The van der Waals surface area contributed by atoms with Crippen LogP contribution in [0.4, 0.5) is 16.2 Å². The van der Waals surface area contributed by atoms with E-state index in [0.29, 0.717) is 21.4 Å². The van der Waals surface area contributed by atoms with Gasteiger partial charge in [0.2, 0.25) is 11.8 Å². The Balaban J connectivity index is 1.89. The molecule has 0 unspecified atom stereocenters. The van der Waals surface area contributed by atoms with E-state index in [4.69, 9.17) is 23.2 Å². The average molecular weight is 437 g/mol. The first-order valence-corrected chi connectivity index (χ1v) is 9.67. The van der Waals surface area contributed by atoms with Crippen LogP contribution >= 0.6 is 23.2 Å². The molecule has 0 aliphatic rings. The van der Waals surface area contributed by atoms with E-state index in [1.165, 1.54) is 6.07 Å². The van der Waals surface area contributed by atoms with Gasteiger partial charge in [0, 0.05) is 10.7 Å². The molecule has 0 spiro atoms. The maximum Gasteiger partial charge on any atom is 0.319 e. The van der Waals surface area contributed by atoms with E-state index in [2.05, 4.69) is 21.3 Å². The standard InChI is InChI=1S/C20H22Cl2N4O3/c1-12(2)18(26-20(29)24-14-6-4-3-5-7-14)19(28)23-11-17(27)25-16-10-13(21)8-9-15(16)22/h3-10,12,18H,11H2,1-2H3,(H,23,28)(H,25,27)(H2,24,26,29)/t18-/m1/s1. The normalized spacial score (nSPS) is 11.5. The Morgan fingerprint density at radius 1 is 0.966 bits per heavy atom. The van der Waals surface area contributed by atoms with Crippen LogP contribution in [0.2, 0.25) is 10.0 Å². The number of anilines is 2. The number of hydrogen-bond acceptors (Lipinski definition) is 3. The molecule has 0 aromatic heterocycles. The molecular formula is C20H22Cl2N4O3. The Hall–Kier alpha value is -2.77. The van der Waals surface area contributed by atoms with Crippen molar-refractivity contribution in [2.45, 2.75) is 19.9 Å². The summed E-state index contributed by atoms with van der Waals surface area (Å²) in [4.78, 5) is 36.8. The van der Waals surface area contributed by atoms with E-state index in [1.807, 2.05) is 6.07 Å². The van der Waals surface area contributed by atoms with Crippen LogP contribution in [0.15, 0.2) is 48.5 Å². The van der Waals surface area contributed by atoms with Crippen LogP contribution in [-0.4, -0.2) is 30.4 Å². The minimum absolute atomic E-state index is 0.193. The van der Waals surface area contributed by atoms with Gasteiger partial charge in [0.15, 0.2) is 0 Å². The molecular weight excluding hydrogens is 415 g/mol. The first-order chi connectivity index (χ1) is 13.8. The summed E-state index contributed by atoms with van der Waals surface area (Å²) in [6.07, 6.45) is 0. The number of urea groups is 1. The van der Waals surface area contributed by atoms with E-state index < -0.39 is 23.9 Å². The number of nitrogens with one attached hydrogen (secondary N) is 4. The number of para-hydroxylation sites is 1. The van der Waals surface area contributed by atoms with E-state index >= 15 is 0 Å². The van der Waals surface area contributed by atoms with Crippen molar-refractivity contribution in [3.8, 4) is 0 Å². The highest BCUT2D eigenvalue weighted by atomic mass is 35.5. The predicted molar refractivity (Wildman–Crippen MR) is 115 cm³/mol. The Morgan fingerprint density at radius 2 is 1.66 bits per heavy atom. The summed E-state index contributed by atoms with van der Waals surface area (Å²) < 4.78 is 0. The van der Waals surface area contributed by atoms with Crippen molar-refractivity contribution in [2.24, 2.45) is 5.92 Å². The summed E-state index contributed by atoms with van der Waals surface area (Å²) in [5, 5.41) is 11.1. The summed E-state index contributed by atoms with van der Waals surface area (Å²) in [6.45, 7) is 3.30. The van der Waals surface area contributed by atoms with Crippen molar-refractivity contribution in [3.05, 3.63) is 58.6 Å². The van der Waals surface area contributed by atoms with Gasteiger partial charge in [-0.3, -0.25) is 9.59 Å². The van der Waals surface area contributed by atoms with Crippen molar-refractivity contribution in [3.63, 3.8) is 0 Å². The van der Waals surface area contributed by atoms with Gasteiger partial charge in [-0.15, -0.1) is 0 Å². The second kappa shape index (κ2) is 10.7. The zero-order valence-corrected chi connectivity index (χ0v) is 17.5. The fourth-order valence-corrected chi connectivity index (χ4v) is 2.77. The molecule has 7 nitrogen and oxygen atoms in total. The quantitative estimate of drug-likeness (QED) is 0.529. The highest BCUT2D eigenvalue weighted by Gasteiger charge is 2.24. The molecule has 4 amide bonds. The van der Waals surface area contributed by atoms with Gasteiger partial charge in [0.05, 0.1) is 17.3 Å². The summed E-state index contributed by atoms with van der Waals surface area (Å²) in [6, 6.07) is 12.2. The van der Waals surface area contributed by atoms with Crippen LogP contribution in [0.1, 0.15) is 13.8 Å². The molecule has 0 saturated heterocycles. The van der Waals surface area contributed by atoms with Crippen molar-refractivity contribution >= 4 is 52.4 Å². The number of carbonyl (C=O) groups is 3. The van der Waals surface area contributed by atoms with Gasteiger partial charge < -0.3 is 21.3 Å². The highest BCUT2D eigenvalue weighted by Crippen LogP contribution is 2.25. The number of halogens is 2. The van der Waals surface area contributed by atoms with Crippen LogP contribution < -0.4 is 21.3 Å². The second-order valence-corrected chi connectivity index (χ2v) is 7.42. The molecule has 2 rings (SSSR count). The minimum atomic E-state index is -0.818. The van der Waals surface area contributed by atoms with Gasteiger partial charge in [-0.2, -0.15) is 0 Å². The molecule has 0 aliphatic heterocycles. The molecule has 0 fully saturated rings. The lowest BCUT2D eigenvalue weighted by atomic mass is 10.0. The van der Waals surface area contributed by atoms with Gasteiger partial charge >= 0.3 is 6.03 Å². The van der Waals surface area contributed by atoms with Gasteiger partial charge in [0.1, 0.15) is 6.04 Å². The third-order valence-electron chi connectivity index (χ3n) is 3.89. The van der Waals surface area contributed by atoms with Crippen molar-refractivity contribution in [1.82, 2.24) is 10.6 Å². The maximum absolute atomic E-state index is 12.5. The van der Waals surface area contributed by atoms with E-state index in [0.717, 1.165) is 0 Å². The fraction of sp³-hybridized carbons (Fsp3) is 0.250. The Bertz CT molecular complexity index is 875. The molecule has 29 heavy (non-hydrogen) atoms. The molecule has 1 atom stereocenters. The lowest BCUT2D eigenvalue weighted by Gasteiger charge is -2.22.